The monoisotopic (exact) mass is 418 g/mol. The van der Waals surface area contributed by atoms with Crippen molar-refractivity contribution in [3.05, 3.63) is 40.8 Å². The zero-order valence-electron chi connectivity index (χ0n) is 17.5. The van der Waals surface area contributed by atoms with Crippen molar-refractivity contribution >= 4 is 22.8 Å². The number of rotatable bonds is 12. The lowest BCUT2D eigenvalue weighted by atomic mass is 10.2. The van der Waals surface area contributed by atoms with E-state index in [-0.39, 0.29) is 25.0 Å². The minimum atomic E-state index is -0.644. The summed E-state index contributed by atoms with van der Waals surface area (Å²) < 4.78 is 16.4. The molecule has 3 N–H and O–H groups in total. The SMILES string of the molecule is CCCCCC(=O)OC(CCOc1ccc2ccc(=O)oc2c1)CNC(=O)[C@H](C)N. The van der Waals surface area contributed by atoms with Crippen molar-refractivity contribution in [2.24, 2.45) is 5.73 Å². The summed E-state index contributed by atoms with van der Waals surface area (Å²) in [5, 5.41) is 3.48. The summed E-state index contributed by atoms with van der Waals surface area (Å²) in [4.78, 5) is 35.2. The molecular formula is C22H30N2O6. The van der Waals surface area contributed by atoms with Crippen LogP contribution in [0.2, 0.25) is 0 Å². The van der Waals surface area contributed by atoms with Gasteiger partial charge in [-0.3, -0.25) is 9.59 Å². The summed E-state index contributed by atoms with van der Waals surface area (Å²) >= 11 is 0. The molecule has 0 aliphatic heterocycles. The maximum absolute atomic E-state index is 12.1. The van der Waals surface area contributed by atoms with Crippen molar-refractivity contribution in [3.8, 4) is 5.75 Å². The van der Waals surface area contributed by atoms with Crippen LogP contribution in [0.4, 0.5) is 0 Å². The number of unbranched alkanes of at least 4 members (excludes halogenated alkanes) is 2. The van der Waals surface area contributed by atoms with E-state index < -0.39 is 17.8 Å². The molecule has 0 saturated heterocycles. The second-order valence-electron chi connectivity index (χ2n) is 7.19. The van der Waals surface area contributed by atoms with Gasteiger partial charge in [0.1, 0.15) is 17.4 Å². The van der Waals surface area contributed by atoms with Crippen molar-refractivity contribution in [2.45, 2.75) is 58.1 Å². The summed E-state index contributed by atoms with van der Waals surface area (Å²) in [6.07, 6.45) is 2.95. The fourth-order valence-corrected chi connectivity index (χ4v) is 2.78. The minimum Gasteiger partial charge on any atom is -0.493 e. The first kappa shape index (κ1) is 23.4. The quantitative estimate of drug-likeness (QED) is 0.309. The number of esters is 1. The van der Waals surface area contributed by atoms with Gasteiger partial charge in [-0.15, -0.1) is 0 Å². The number of ether oxygens (including phenoxy) is 2. The van der Waals surface area contributed by atoms with Crippen LogP contribution in [0.3, 0.4) is 0 Å². The maximum atomic E-state index is 12.1. The molecular weight excluding hydrogens is 388 g/mol. The molecule has 8 nitrogen and oxygen atoms in total. The van der Waals surface area contributed by atoms with E-state index in [1.807, 2.05) is 0 Å². The van der Waals surface area contributed by atoms with Gasteiger partial charge in [-0.05, 0) is 31.5 Å². The Morgan fingerprint density at radius 1 is 1.20 bits per heavy atom. The third-order valence-electron chi connectivity index (χ3n) is 4.50. The lowest BCUT2D eigenvalue weighted by molar-refractivity contribution is -0.150. The van der Waals surface area contributed by atoms with Gasteiger partial charge >= 0.3 is 11.6 Å². The predicted molar refractivity (Wildman–Crippen MR) is 113 cm³/mol. The highest BCUT2D eigenvalue weighted by molar-refractivity contribution is 5.81. The van der Waals surface area contributed by atoms with E-state index in [1.54, 1.807) is 31.2 Å². The summed E-state index contributed by atoms with van der Waals surface area (Å²) in [6.45, 7) is 4.06. The van der Waals surface area contributed by atoms with Gasteiger partial charge in [0.2, 0.25) is 5.91 Å². The number of hydrogen-bond donors (Lipinski definition) is 2. The number of nitrogens with one attached hydrogen (secondary N) is 1. The fraction of sp³-hybridized carbons (Fsp3) is 0.500. The molecule has 1 aromatic carbocycles. The fourth-order valence-electron chi connectivity index (χ4n) is 2.78. The zero-order valence-corrected chi connectivity index (χ0v) is 17.5. The molecule has 0 saturated carbocycles. The normalized spacial score (nSPS) is 12.9. The molecule has 2 atom stereocenters. The third kappa shape index (κ3) is 7.87. The highest BCUT2D eigenvalue weighted by Crippen LogP contribution is 2.19. The number of carbonyl (C=O) groups is 2. The molecule has 0 bridgehead atoms. The van der Waals surface area contributed by atoms with Gasteiger partial charge in [-0.2, -0.15) is 0 Å². The minimum absolute atomic E-state index is 0.163. The number of carbonyl (C=O) groups excluding carboxylic acids is 2. The Labute approximate surface area is 175 Å². The maximum Gasteiger partial charge on any atom is 0.336 e. The third-order valence-corrected chi connectivity index (χ3v) is 4.50. The van der Waals surface area contributed by atoms with Gasteiger partial charge < -0.3 is 24.9 Å². The average Bonchev–Trinajstić information content (AvgIpc) is 2.71. The molecule has 164 valence electrons. The molecule has 0 fully saturated rings. The Morgan fingerprint density at radius 2 is 1.97 bits per heavy atom. The van der Waals surface area contributed by atoms with Crippen LogP contribution in [-0.4, -0.2) is 37.2 Å². The van der Waals surface area contributed by atoms with E-state index in [1.165, 1.54) is 6.07 Å². The van der Waals surface area contributed by atoms with E-state index in [0.717, 1.165) is 24.6 Å². The van der Waals surface area contributed by atoms with Crippen molar-refractivity contribution in [1.29, 1.82) is 0 Å². The Balaban J connectivity index is 1.92. The van der Waals surface area contributed by atoms with Crippen molar-refractivity contribution in [2.75, 3.05) is 13.2 Å². The van der Waals surface area contributed by atoms with E-state index in [4.69, 9.17) is 19.6 Å². The number of nitrogens with two attached hydrogens (primary N) is 1. The van der Waals surface area contributed by atoms with Gasteiger partial charge in [0.15, 0.2) is 0 Å². The number of hydrogen-bond acceptors (Lipinski definition) is 7. The molecule has 2 aromatic rings. The van der Waals surface area contributed by atoms with Gasteiger partial charge in [-0.1, -0.05) is 19.8 Å². The first-order valence-electron chi connectivity index (χ1n) is 10.3. The van der Waals surface area contributed by atoms with E-state index >= 15 is 0 Å². The van der Waals surface area contributed by atoms with Crippen LogP contribution in [0.15, 0.2) is 39.5 Å². The first-order valence-corrected chi connectivity index (χ1v) is 10.3. The molecule has 2 rings (SSSR count). The number of benzene rings is 1. The Hall–Kier alpha value is -2.87. The van der Waals surface area contributed by atoms with Gasteiger partial charge in [0.25, 0.3) is 0 Å². The topological polar surface area (TPSA) is 121 Å². The van der Waals surface area contributed by atoms with Crippen molar-refractivity contribution in [1.82, 2.24) is 5.32 Å². The molecule has 1 aromatic heterocycles. The van der Waals surface area contributed by atoms with E-state index in [9.17, 15) is 14.4 Å². The van der Waals surface area contributed by atoms with Crippen LogP contribution < -0.4 is 21.4 Å². The van der Waals surface area contributed by atoms with Crippen LogP contribution in [0.1, 0.15) is 46.0 Å². The summed E-state index contributed by atoms with van der Waals surface area (Å²) in [6, 6.07) is 7.60. The summed E-state index contributed by atoms with van der Waals surface area (Å²) in [5.41, 5.74) is 5.56. The second kappa shape index (κ2) is 12.0. The Morgan fingerprint density at radius 3 is 2.70 bits per heavy atom. The largest absolute Gasteiger partial charge is 0.493 e. The molecule has 0 spiro atoms. The number of amides is 1. The highest BCUT2D eigenvalue weighted by atomic mass is 16.5. The van der Waals surface area contributed by atoms with Crippen LogP contribution >= 0.6 is 0 Å². The van der Waals surface area contributed by atoms with E-state index in [2.05, 4.69) is 12.2 Å². The van der Waals surface area contributed by atoms with Crippen molar-refractivity contribution in [3.63, 3.8) is 0 Å². The molecule has 1 amide bonds. The molecule has 30 heavy (non-hydrogen) atoms. The second-order valence-corrected chi connectivity index (χ2v) is 7.19. The van der Waals surface area contributed by atoms with Gasteiger partial charge in [0, 0.05) is 30.4 Å². The average molecular weight is 418 g/mol. The van der Waals surface area contributed by atoms with E-state index in [0.29, 0.717) is 24.2 Å². The van der Waals surface area contributed by atoms with Crippen LogP contribution in [0.5, 0.6) is 5.75 Å². The van der Waals surface area contributed by atoms with Crippen LogP contribution in [-0.2, 0) is 14.3 Å². The Kier molecular flexibility index (Phi) is 9.34. The standard InChI is InChI=1S/C22H30N2O6/c1-3-4-5-6-20(25)29-18(14-24-22(27)15(2)23)11-12-28-17-9-7-16-8-10-21(26)30-19(16)13-17/h7-10,13,15,18H,3-6,11-12,14,23H2,1-2H3,(H,24,27)/t15-,18?/m0/s1. The zero-order chi connectivity index (χ0) is 21.9. The first-order chi connectivity index (χ1) is 14.4. The molecule has 1 heterocycles. The summed E-state index contributed by atoms with van der Waals surface area (Å²) in [7, 11) is 0. The molecule has 0 aliphatic carbocycles. The Bertz CT molecular complexity index is 893. The smallest absolute Gasteiger partial charge is 0.336 e. The highest BCUT2D eigenvalue weighted by Gasteiger charge is 2.17. The molecule has 8 heteroatoms. The van der Waals surface area contributed by atoms with Crippen molar-refractivity contribution < 1.29 is 23.5 Å². The van der Waals surface area contributed by atoms with Gasteiger partial charge in [0.05, 0.1) is 19.2 Å². The summed E-state index contributed by atoms with van der Waals surface area (Å²) in [5.74, 6) is -0.0760. The molecule has 0 aliphatic rings. The molecule has 0 radical (unpaired) electrons. The van der Waals surface area contributed by atoms with Crippen LogP contribution in [0.25, 0.3) is 11.0 Å². The van der Waals surface area contributed by atoms with Gasteiger partial charge in [-0.25, -0.2) is 4.79 Å². The molecule has 1 unspecified atom stereocenters. The van der Waals surface area contributed by atoms with Crippen LogP contribution in [0, 0.1) is 0 Å². The lowest BCUT2D eigenvalue weighted by Gasteiger charge is -2.19. The predicted octanol–water partition coefficient (Wildman–Crippen LogP) is 2.52. The number of fused-ring (bicyclic) bond motifs is 1. The lowest BCUT2D eigenvalue weighted by Crippen LogP contribution is -2.43.